The highest BCUT2D eigenvalue weighted by atomic mass is 32.2. The SMILES string of the molecule is CCc1ccc(S(=O)(=O)N2CCN(c3nc4nccc(-c5cccc(C)c5)n4n3)CC2)cc1. The fourth-order valence-electron chi connectivity index (χ4n) is 4.12. The molecule has 9 heteroatoms. The van der Waals surface area contributed by atoms with Crippen LogP contribution < -0.4 is 4.90 Å². The van der Waals surface area contributed by atoms with Crippen molar-refractivity contribution in [3.63, 3.8) is 0 Å². The van der Waals surface area contributed by atoms with Crippen molar-refractivity contribution in [1.82, 2.24) is 23.9 Å². The maximum Gasteiger partial charge on any atom is 0.254 e. The molecular formula is C24H26N6O2S. The second kappa shape index (κ2) is 8.57. The van der Waals surface area contributed by atoms with Gasteiger partial charge in [0, 0.05) is 37.9 Å². The summed E-state index contributed by atoms with van der Waals surface area (Å²) in [6.07, 6.45) is 2.62. The van der Waals surface area contributed by atoms with E-state index in [9.17, 15) is 8.42 Å². The van der Waals surface area contributed by atoms with Gasteiger partial charge in [-0.1, -0.05) is 42.8 Å². The fraction of sp³-hybridized carbons (Fsp3) is 0.292. The van der Waals surface area contributed by atoms with Gasteiger partial charge in [-0.3, -0.25) is 0 Å². The molecule has 33 heavy (non-hydrogen) atoms. The maximum atomic E-state index is 13.1. The minimum atomic E-state index is -3.52. The molecule has 3 heterocycles. The third-order valence-corrected chi connectivity index (χ3v) is 7.95. The Balaban J connectivity index is 1.36. The zero-order chi connectivity index (χ0) is 23.0. The van der Waals surface area contributed by atoms with Gasteiger partial charge in [-0.15, -0.1) is 5.10 Å². The predicted octanol–water partition coefficient (Wildman–Crippen LogP) is 3.17. The lowest BCUT2D eigenvalue weighted by Crippen LogP contribution is -2.49. The van der Waals surface area contributed by atoms with Crippen molar-refractivity contribution >= 4 is 21.7 Å². The van der Waals surface area contributed by atoms with Gasteiger partial charge in [0.1, 0.15) is 0 Å². The van der Waals surface area contributed by atoms with E-state index in [0.717, 1.165) is 23.2 Å². The Labute approximate surface area is 193 Å². The highest BCUT2D eigenvalue weighted by Crippen LogP contribution is 2.23. The lowest BCUT2D eigenvalue weighted by Gasteiger charge is -2.33. The van der Waals surface area contributed by atoms with Crippen molar-refractivity contribution < 1.29 is 8.42 Å². The number of piperazine rings is 1. The topological polar surface area (TPSA) is 83.7 Å². The van der Waals surface area contributed by atoms with E-state index in [4.69, 9.17) is 5.10 Å². The van der Waals surface area contributed by atoms with E-state index in [-0.39, 0.29) is 0 Å². The van der Waals surface area contributed by atoms with Crippen molar-refractivity contribution in [2.75, 3.05) is 31.1 Å². The van der Waals surface area contributed by atoms with Gasteiger partial charge in [-0.2, -0.15) is 13.8 Å². The van der Waals surface area contributed by atoms with Gasteiger partial charge in [0.15, 0.2) is 0 Å². The largest absolute Gasteiger partial charge is 0.337 e. The molecular weight excluding hydrogens is 436 g/mol. The number of fused-ring (bicyclic) bond motifs is 1. The van der Waals surface area contributed by atoms with Crippen molar-refractivity contribution in [3.05, 3.63) is 71.9 Å². The number of hydrogen-bond acceptors (Lipinski definition) is 6. The van der Waals surface area contributed by atoms with E-state index in [0.29, 0.717) is 42.8 Å². The second-order valence-corrected chi connectivity index (χ2v) is 10.1. The molecule has 1 aliphatic rings. The molecule has 0 radical (unpaired) electrons. The van der Waals surface area contributed by atoms with Crippen molar-refractivity contribution in [3.8, 4) is 11.3 Å². The molecule has 8 nitrogen and oxygen atoms in total. The van der Waals surface area contributed by atoms with Crippen LogP contribution in [0.5, 0.6) is 0 Å². The number of anilines is 1. The van der Waals surface area contributed by atoms with Crippen molar-refractivity contribution in [1.29, 1.82) is 0 Å². The van der Waals surface area contributed by atoms with E-state index in [2.05, 4.69) is 35.9 Å². The van der Waals surface area contributed by atoms with Crippen LogP contribution in [0.15, 0.2) is 65.7 Å². The molecule has 0 N–H and O–H groups in total. The summed E-state index contributed by atoms with van der Waals surface area (Å²) in [6, 6.07) is 17.3. The van der Waals surface area contributed by atoms with Gasteiger partial charge >= 0.3 is 0 Å². The summed E-state index contributed by atoms with van der Waals surface area (Å²) < 4.78 is 29.4. The van der Waals surface area contributed by atoms with E-state index < -0.39 is 10.0 Å². The molecule has 0 saturated carbocycles. The number of aromatic nitrogens is 4. The minimum absolute atomic E-state index is 0.339. The molecule has 4 aromatic rings. The van der Waals surface area contributed by atoms with Gasteiger partial charge in [0.25, 0.3) is 5.78 Å². The van der Waals surface area contributed by atoms with E-state index in [1.54, 1.807) is 22.8 Å². The fourth-order valence-corrected chi connectivity index (χ4v) is 5.54. The number of nitrogens with zero attached hydrogens (tertiary/aromatic N) is 6. The lowest BCUT2D eigenvalue weighted by molar-refractivity contribution is 0.382. The Morgan fingerprint density at radius 2 is 1.73 bits per heavy atom. The first-order valence-electron chi connectivity index (χ1n) is 11.1. The molecule has 0 spiro atoms. The molecule has 0 unspecified atom stereocenters. The van der Waals surface area contributed by atoms with Crippen LogP contribution in [0.25, 0.3) is 17.0 Å². The van der Waals surface area contributed by atoms with Crippen LogP contribution in [-0.4, -0.2) is 58.5 Å². The summed E-state index contributed by atoms with van der Waals surface area (Å²) in [5.74, 6) is 1.09. The molecule has 2 aromatic heterocycles. The quantitative estimate of drug-likeness (QED) is 0.453. The van der Waals surface area contributed by atoms with Crippen LogP contribution >= 0.6 is 0 Å². The Bertz CT molecular complexity index is 1390. The molecule has 0 bridgehead atoms. The van der Waals surface area contributed by atoms with Gasteiger partial charge < -0.3 is 4.90 Å². The van der Waals surface area contributed by atoms with Gasteiger partial charge in [0.2, 0.25) is 16.0 Å². The van der Waals surface area contributed by atoms with Crippen LogP contribution in [0.3, 0.4) is 0 Å². The molecule has 1 fully saturated rings. The van der Waals surface area contributed by atoms with E-state index >= 15 is 0 Å². The number of hydrogen-bond donors (Lipinski definition) is 0. The van der Waals surface area contributed by atoms with E-state index in [1.807, 2.05) is 35.2 Å². The first kappa shape index (κ1) is 21.5. The van der Waals surface area contributed by atoms with Crippen LogP contribution in [0.4, 0.5) is 5.95 Å². The van der Waals surface area contributed by atoms with Crippen LogP contribution in [0, 0.1) is 6.92 Å². The number of benzene rings is 2. The number of sulfonamides is 1. The average molecular weight is 463 g/mol. The first-order valence-corrected chi connectivity index (χ1v) is 12.5. The number of rotatable bonds is 5. The molecule has 1 aliphatic heterocycles. The zero-order valence-corrected chi connectivity index (χ0v) is 19.5. The van der Waals surface area contributed by atoms with Crippen LogP contribution in [0.2, 0.25) is 0 Å². The van der Waals surface area contributed by atoms with Crippen molar-refractivity contribution in [2.45, 2.75) is 25.2 Å². The van der Waals surface area contributed by atoms with Crippen molar-refractivity contribution in [2.24, 2.45) is 0 Å². The standard InChI is InChI=1S/C24H26N6O2S/c1-3-19-7-9-21(10-8-19)33(31,32)29-15-13-28(14-16-29)24-26-23-25-12-11-22(30(23)27-24)20-6-4-5-18(2)17-20/h4-12,17H,3,13-16H2,1-2H3. The third kappa shape index (κ3) is 4.09. The first-order chi connectivity index (χ1) is 16.0. The summed E-state index contributed by atoms with van der Waals surface area (Å²) >= 11 is 0. The summed E-state index contributed by atoms with van der Waals surface area (Å²) in [5, 5.41) is 4.71. The molecule has 2 aromatic carbocycles. The minimum Gasteiger partial charge on any atom is -0.337 e. The molecule has 170 valence electrons. The molecule has 0 amide bonds. The Hall–Kier alpha value is -3.30. The van der Waals surface area contributed by atoms with E-state index in [1.165, 1.54) is 9.87 Å². The molecule has 1 saturated heterocycles. The Kier molecular flexibility index (Phi) is 5.59. The van der Waals surface area contributed by atoms with Gasteiger partial charge in [-0.25, -0.2) is 13.4 Å². The third-order valence-electron chi connectivity index (χ3n) is 6.03. The Morgan fingerprint density at radius 1 is 0.970 bits per heavy atom. The molecule has 0 atom stereocenters. The lowest BCUT2D eigenvalue weighted by atomic mass is 10.1. The monoisotopic (exact) mass is 462 g/mol. The summed E-state index contributed by atoms with van der Waals surface area (Å²) in [6.45, 7) is 5.90. The highest BCUT2D eigenvalue weighted by molar-refractivity contribution is 7.89. The van der Waals surface area contributed by atoms with Gasteiger partial charge in [0.05, 0.1) is 10.6 Å². The normalized spacial score (nSPS) is 15.3. The predicted molar refractivity (Wildman–Crippen MR) is 128 cm³/mol. The second-order valence-electron chi connectivity index (χ2n) is 8.21. The van der Waals surface area contributed by atoms with Crippen LogP contribution in [-0.2, 0) is 16.4 Å². The molecule has 0 aliphatic carbocycles. The summed E-state index contributed by atoms with van der Waals surface area (Å²) in [5.41, 5.74) is 4.25. The van der Waals surface area contributed by atoms with Crippen LogP contribution in [0.1, 0.15) is 18.1 Å². The average Bonchev–Trinajstić information content (AvgIpc) is 3.29. The summed E-state index contributed by atoms with van der Waals surface area (Å²) in [4.78, 5) is 11.3. The maximum absolute atomic E-state index is 13.1. The highest BCUT2D eigenvalue weighted by Gasteiger charge is 2.30. The van der Waals surface area contributed by atoms with Gasteiger partial charge in [-0.05, 0) is 43.2 Å². The summed E-state index contributed by atoms with van der Waals surface area (Å²) in [7, 11) is -3.52. The zero-order valence-electron chi connectivity index (χ0n) is 18.7. The number of aryl methyl sites for hydroxylation is 2. The smallest absolute Gasteiger partial charge is 0.254 e. The Morgan fingerprint density at radius 3 is 2.42 bits per heavy atom. The molecule has 5 rings (SSSR count).